The molecule has 170 valence electrons. The minimum atomic E-state index is -0.567. The van der Waals surface area contributed by atoms with Gasteiger partial charge in [-0.2, -0.15) is 5.10 Å². The van der Waals surface area contributed by atoms with Gasteiger partial charge in [-0.3, -0.25) is 9.59 Å². The van der Waals surface area contributed by atoms with E-state index in [1.807, 2.05) is 60.7 Å². The molecule has 34 heavy (non-hydrogen) atoms. The monoisotopic (exact) mass is 453 g/mol. The first kappa shape index (κ1) is 22.7. The van der Waals surface area contributed by atoms with Crippen molar-refractivity contribution in [3.8, 4) is 22.4 Å². The molecule has 1 amide bonds. The zero-order chi connectivity index (χ0) is 24.1. The minimum absolute atomic E-state index is 0.0166. The molecule has 0 atom stereocenters. The lowest BCUT2D eigenvalue weighted by Crippen LogP contribution is -2.31. The summed E-state index contributed by atoms with van der Waals surface area (Å²) in [6, 6.07) is 25.0. The highest BCUT2D eigenvalue weighted by Gasteiger charge is 2.24. The number of rotatable bonds is 6. The average molecular weight is 453 g/mol. The molecule has 0 saturated heterocycles. The maximum absolute atomic E-state index is 13.4. The van der Waals surface area contributed by atoms with E-state index < -0.39 is 17.4 Å². The van der Waals surface area contributed by atoms with Gasteiger partial charge < -0.3 is 10.1 Å². The Bertz CT molecular complexity index is 1380. The maximum atomic E-state index is 13.4. The molecule has 7 nitrogen and oxygen atoms in total. The lowest BCUT2D eigenvalue weighted by Gasteiger charge is -2.16. The van der Waals surface area contributed by atoms with E-state index in [4.69, 9.17) is 4.74 Å². The molecule has 4 rings (SSSR count). The van der Waals surface area contributed by atoms with Crippen LogP contribution in [0.1, 0.15) is 27.6 Å². The lowest BCUT2D eigenvalue weighted by atomic mass is 9.95. The minimum Gasteiger partial charge on any atom is -0.462 e. The van der Waals surface area contributed by atoms with Gasteiger partial charge in [0, 0.05) is 23.9 Å². The Morgan fingerprint density at radius 1 is 0.882 bits per heavy atom. The number of aromatic nitrogens is 2. The molecule has 4 aromatic rings. The third-order valence-corrected chi connectivity index (χ3v) is 5.24. The van der Waals surface area contributed by atoms with Gasteiger partial charge in [0.05, 0.1) is 17.9 Å². The molecule has 0 aliphatic rings. The first-order valence-electron chi connectivity index (χ1n) is 10.8. The molecule has 0 saturated carbocycles. The highest BCUT2D eigenvalue weighted by atomic mass is 16.5. The summed E-state index contributed by atoms with van der Waals surface area (Å²) >= 11 is 0. The van der Waals surface area contributed by atoms with Gasteiger partial charge in [-0.05, 0) is 36.8 Å². The number of aryl methyl sites for hydroxylation is 1. The molecule has 0 unspecified atom stereocenters. The van der Waals surface area contributed by atoms with Crippen LogP contribution in [0.4, 0.5) is 5.69 Å². The van der Waals surface area contributed by atoms with Crippen molar-refractivity contribution in [1.29, 1.82) is 0 Å². The molecule has 0 radical (unpaired) electrons. The molecule has 7 heteroatoms. The number of carbonyl (C=O) groups excluding carboxylic acids is 2. The van der Waals surface area contributed by atoms with Crippen LogP contribution in [0.3, 0.4) is 0 Å². The van der Waals surface area contributed by atoms with Crippen LogP contribution in [0.25, 0.3) is 22.4 Å². The predicted molar refractivity (Wildman–Crippen MR) is 131 cm³/mol. The van der Waals surface area contributed by atoms with Crippen LogP contribution in [-0.2, 0) is 11.8 Å². The van der Waals surface area contributed by atoms with Crippen molar-refractivity contribution in [3.63, 3.8) is 0 Å². The van der Waals surface area contributed by atoms with Crippen molar-refractivity contribution in [3.05, 3.63) is 106 Å². The molecule has 0 aliphatic carbocycles. The van der Waals surface area contributed by atoms with Crippen LogP contribution in [0.15, 0.2) is 89.7 Å². The van der Waals surface area contributed by atoms with E-state index >= 15 is 0 Å². The Hall–Kier alpha value is -4.52. The van der Waals surface area contributed by atoms with Crippen LogP contribution in [0.2, 0.25) is 0 Å². The number of amides is 1. The molecule has 3 aromatic carbocycles. The van der Waals surface area contributed by atoms with Gasteiger partial charge in [-0.25, -0.2) is 9.48 Å². The van der Waals surface area contributed by atoms with Gasteiger partial charge in [0.1, 0.15) is 5.56 Å². The molecule has 0 bridgehead atoms. The number of esters is 1. The van der Waals surface area contributed by atoms with Crippen molar-refractivity contribution >= 4 is 17.6 Å². The molecule has 0 aliphatic heterocycles. The van der Waals surface area contributed by atoms with Gasteiger partial charge in [-0.15, -0.1) is 0 Å². The van der Waals surface area contributed by atoms with Crippen LogP contribution < -0.4 is 10.9 Å². The number of hydrogen-bond acceptors (Lipinski definition) is 5. The summed E-state index contributed by atoms with van der Waals surface area (Å²) < 4.78 is 6.16. The van der Waals surface area contributed by atoms with Gasteiger partial charge >= 0.3 is 5.97 Å². The Labute approximate surface area is 196 Å². The Morgan fingerprint density at radius 2 is 1.47 bits per heavy atom. The SMILES string of the molecule is CCOC(=O)c1ccc(NC(=O)c2c(-c3ccccc3)c(-c3ccccc3)nn(C)c2=O)cc1. The predicted octanol–water partition coefficient (Wildman–Crippen LogP) is 4.54. The fourth-order valence-corrected chi connectivity index (χ4v) is 3.62. The number of carbonyl (C=O) groups is 2. The highest BCUT2D eigenvalue weighted by Crippen LogP contribution is 2.32. The molecular weight excluding hydrogens is 430 g/mol. The van der Waals surface area contributed by atoms with Crippen molar-refractivity contribution in [1.82, 2.24) is 9.78 Å². The number of nitrogens with zero attached hydrogens (tertiary/aromatic N) is 2. The number of nitrogens with one attached hydrogen (secondary N) is 1. The zero-order valence-electron chi connectivity index (χ0n) is 18.8. The smallest absolute Gasteiger partial charge is 0.338 e. The fraction of sp³-hybridized carbons (Fsp3) is 0.111. The average Bonchev–Trinajstić information content (AvgIpc) is 2.87. The second-order valence-corrected chi connectivity index (χ2v) is 7.51. The number of benzene rings is 3. The Kier molecular flexibility index (Phi) is 6.64. The summed E-state index contributed by atoms with van der Waals surface area (Å²) in [5.41, 5.74) is 2.75. The highest BCUT2D eigenvalue weighted by molar-refractivity contribution is 6.10. The van der Waals surface area contributed by atoms with Crippen LogP contribution in [0.5, 0.6) is 0 Å². The summed E-state index contributed by atoms with van der Waals surface area (Å²) in [5.74, 6) is -1.01. The lowest BCUT2D eigenvalue weighted by molar-refractivity contribution is 0.0526. The normalized spacial score (nSPS) is 10.5. The zero-order valence-corrected chi connectivity index (χ0v) is 18.8. The maximum Gasteiger partial charge on any atom is 0.338 e. The molecular formula is C27H23N3O4. The number of anilines is 1. The van der Waals surface area contributed by atoms with Crippen molar-refractivity contribution in [2.24, 2.45) is 7.05 Å². The van der Waals surface area contributed by atoms with E-state index in [-0.39, 0.29) is 12.2 Å². The quantitative estimate of drug-likeness (QED) is 0.433. The van der Waals surface area contributed by atoms with E-state index in [0.29, 0.717) is 28.1 Å². The van der Waals surface area contributed by atoms with Gasteiger partial charge in [-0.1, -0.05) is 60.7 Å². The third kappa shape index (κ3) is 4.63. The molecule has 1 N–H and O–H groups in total. The Balaban J connectivity index is 1.81. The first-order chi connectivity index (χ1) is 16.5. The summed E-state index contributed by atoms with van der Waals surface area (Å²) in [4.78, 5) is 38.5. The topological polar surface area (TPSA) is 90.3 Å². The van der Waals surface area contributed by atoms with E-state index in [2.05, 4.69) is 10.4 Å². The van der Waals surface area contributed by atoms with Crippen molar-refractivity contribution in [2.45, 2.75) is 6.92 Å². The molecule has 0 fully saturated rings. The summed E-state index contributed by atoms with van der Waals surface area (Å²) in [6.45, 7) is 2.00. The largest absolute Gasteiger partial charge is 0.462 e. The summed E-state index contributed by atoms with van der Waals surface area (Å²) in [7, 11) is 1.52. The van der Waals surface area contributed by atoms with E-state index in [9.17, 15) is 14.4 Å². The van der Waals surface area contributed by atoms with Gasteiger partial charge in [0.25, 0.3) is 11.5 Å². The number of hydrogen-bond donors (Lipinski definition) is 1. The second kappa shape index (κ2) is 9.95. The van der Waals surface area contributed by atoms with Crippen molar-refractivity contribution in [2.75, 3.05) is 11.9 Å². The van der Waals surface area contributed by atoms with E-state index in [1.165, 1.54) is 11.7 Å². The van der Waals surface area contributed by atoms with E-state index in [1.54, 1.807) is 31.2 Å². The molecule has 1 aromatic heterocycles. The molecule has 1 heterocycles. The second-order valence-electron chi connectivity index (χ2n) is 7.51. The van der Waals surface area contributed by atoms with Gasteiger partial charge in [0.15, 0.2) is 0 Å². The van der Waals surface area contributed by atoms with Crippen LogP contribution in [-0.4, -0.2) is 28.3 Å². The van der Waals surface area contributed by atoms with Crippen LogP contribution >= 0.6 is 0 Å². The standard InChI is InChI=1S/C27H23N3O4/c1-3-34-27(33)20-14-16-21(17-15-20)28-25(31)23-22(18-10-6-4-7-11-18)24(29-30(2)26(23)32)19-12-8-5-9-13-19/h4-17H,3H2,1-2H3,(H,28,31). The molecule has 0 spiro atoms. The van der Waals surface area contributed by atoms with Crippen molar-refractivity contribution < 1.29 is 14.3 Å². The van der Waals surface area contributed by atoms with E-state index in [0.717, 1.165) is 5.56 Å². The van der Waals surface area contributed by atoms with Crippen LogP contribution in [0, 0.1) is 0 Å². The Morgan fingerprint density at radius 3 is 2.06 bits per heavy atom. The summed E-state index contributed by atoms with van der Waals surface area (Å²) in [6.07, 6.45) is 0. The first-order valence-corrected chi connectivity index (χ1v) is 10.8. The summed E-state index contributed by atoms with van der Waals surface area (Å²) in [5, 5.41) is 7.27. The number of ether oxygens (including phenoxy) is 1. The van der Waals surface area contributed by atoms with Gasteiger partial charge in [0.2, 0.25) is 0 Å². The fourth-order valence-electron chi connectivity index (χ4n) is 3.62. The third-order valence-electron chi connectivity index (χ3n) is 5.24.